The average molecular weight is 485 g/mol. The van der Waals surface area contributed by atoms with E-state index in [1.807, 2.05) is 0 Å². The molecule has 0 aliphatic rings. The van der Waals surface area contributed by atoms with Gasteiger partial charge in [-0.15, -0.1) is 0 Å². The number of rotatable bonds is 18. The van der Waals surface area contributed by atoms with Gasteiger partial charge in [0.05, 0.1) is 8.07 Å². The van der Waals surface area contributed by atoms with Gasteiger partial charge in [-0.1, -0.05) is 43.9 Å². The third-order valence-corrected chi connectivity index (χ3v) is 20.5. The molecule has 0 fully saturated rings. The van der Waals surface area contributed by atoms with E-state index in [-0.39, 0.29) is 0 Å². The highest BCUT2D eigenvalue weighted by atomic mass is 28.4. The Bertz CT molecular complexity index is 369. The molecule has 0 aromatic rings. The van der Waals surface area contributed by atoms with Crippen LogP contribution < -0.4 is 0 Å². The summed E-state index contributed by atoms with van der Waals surface area (Å²) in [4.78, 5) is 0. The predicted molar refractivity (Wildman–Crippen MR) is 131 cm³/mol. The molecule has 0 bridgehead atoms. The van der Waals surface area contributed by atoms with Gasteiger partial charge in [0, 0.05) is 42.7 Å². The zero-order chi connectivity index (χ0) is 22.6. The molecule has 0 saturated heterocycles. The van der Waals surface area contributed by atoms with Gasteiger partial charge in [0.1, 0.15) is 0 Å². The van der Waals surface area contributed by atoms with Gasteiger partial charge in [0.25, 0.3) is 0 Å². The maximum absolute atomic E-state index is 5.69. The van der Waals surface area contributed by atoms with Crippen LogP contribution >= 0.6 is 0 Å². The molecule has 0 atom stereocenters. The molecule has 0 radical (unpaired) electrons. The van der Waals surface area contributed by atoms with E-state index in [0.717, 1.165) is 18.1 Å². The van der Waals surface area contributed by atoms with E-state index >= 15 is 0 Å². The van der Waals surface area contributed by atoms with Crippen molar-refractivity contribution in [1.29, 1.82) is 0 Å². The summed E-state index contributed by atoms with van der Waals surface area (Å²) in [6.45, 7) is 9.06. The minimum atomic E-state index is -1.99. The molecule has 0 aromatic heterocycles. The van der Waals surface area contributed by atoms with Crippen molar-refractivity contribution in [3.8, 4) is 0 Å². The molecule has 0 amide bonds. The minimum absolute atomic E-state index is 1.06. The Morgan fingerprint density at radius 2 is 0.586 bits per heavy atom. The highest BCUT2D eigenvalue weighted by molar-refractivity contribution is 6.79. The number of hydrogen-bond acceptors (Lipinski definition) is 6. The van der Waals surface area contributed by atoms with Gasteiger partial charge in [0.2, 0.25) is 0 Å². The third kappa shape index (κ3) is 11.2. The summed E-state index contributed by atoms with van der Waals surface area (Å²) >= 11 is 0. The maximum Gasteiger partial charge on any atom is 0.334 e. The van der Waals surface area contributed by atoms with Crippen LogP contribution in [-0.4, -0.2) is 76.4 Å². The third-order valence-electron chi connectivity index (χ3n) is 6.82. The largest absolute Gasteiger partial charge is 0.398 e. The topological polar surface area (TPSA) is 55.4 Å². The fourth-order valence-electron chi connectivity index (χ4n) is 3.75. The van der Waals surface area contributed by atoms with Crippen LogP contribution in [0, 0.1) is 0 Å². The summed E-state index contributed by atoms with van der Waals surface area (Å²) in [5.74, 6) is 0. The normalized spacial score (nSPS) is 13.9. The molecule has 0 rings (SSSR count). The first-order chi connectivity index (χ1) is 13.5. The van der Waals surface area contributed by atoms with E-state index in [1.165, 1.54) is 37.4 Å². The molecular formula is C19H48O6Si4. The second-order valence-electron chi connectivity index (χ2n) is 9.00. The summed E-state index contributed by atoms with van der Waals surface area (Å²) in [5.41, 5.74) is 0. The smallest absolute Gasteiger partial charge is 0.334 e. The molecule has 6 nitrogen and oxygen atoms in total. The first-order valence-electron chi connectivity index (χ1n) is 10.8. The first-order valence-corrected chi connectivity index (χ1v) is 21.5. The van der Waals surface area contributed by atoms with Crippen LogP contribution in [0.3, 0.4) is 0 Å². The van der Waals surface area contributed by atoms with Gasteiger partial charge in [-0.25, -0.2) is 0 Å². The molecular weight excluding hydrogens is 437 g/mol. The van der Waals surface area contributed by atoms with Gasteiger partial charge in [0.15, 0.2) is 0 Å². The molecule has 10 heteroatoms. The molecule has 0 aliphatic carbocycles. The molecule has 0 aromatic carbocycles. The summed E-state index contributed by atoms with van der Waals surface area (Å²) in [5, 5.41) is 0. The monoisotopic (exact) mass is 484 g/mol. The molecule has 0 unspecified atom stereocenters. The first kappa shape index (κ1) is 29.6. The Labute approximate surface area is 184 Å². The van der Waals surface area contributed by atoms with Crippen molar-refractivity contribution in [2.75, 3.05) is 42.7 Å². The zero-order valence-corrected chi connectivity index (χ0v) is 24.8. The second-order valence-corrected chi connectivity index (χ2v) is 24.9. The van der Waals surface area contributed by atoms with Crippen molar-refractivity contribution in [3.05, 3.63) is 0 Å². The fourth-order valence-corrected chi connectivity index (χ4v) is 12.8. The van der Waals surface area contributed by atoms with E-state index in [2.05, 4.69) is 26.2 Å². The number of hydrogen-bond donors (Lipinski definition) is 0. The van der Waals surface area contributed by atoms with E-state index in [9.17, 15) is 0 Å². The standard InChI is InChI=1S/C19H48O6Si4/c1-20-27(8,21-2)17-11-14-26(7,15-12-18-28(9,22-3)23-4)16-13-19-29(10,24-5)25-6/h11-19H2,1-10H3. The summed E-state index contributed by atoms with van der Waals surface area (Å²) in [6.07, 6.45) is 3.58. The Kier molecular flexibility index (Phi) is 14.2. The summed E-state index contributed by atoms with van der Waals surface area (Å²) in [6, 6.07) is 7.14. The lowest BCUT2D eigenvalue weighted by atomic mass is 10.5. The summed E-state index contributed by atoms with van der Waals surface area (Å²) in [7, 11) is 3.36. The van der Waals surface area contributed by atoms with Gasteiger partial charge >= 0.3 is 25.7 Å². The van der Waals surface area contributed by atoms with Crippen molar-refractivity contribution in [2.45, 2.75) is 81.7 Å². The Morgan fingerprint density at radius 1 is 0.379 bits per heavy atom. The quantitative estimate of drug-likeness (QED) is 0.245. The second kappa shape index (κ2) is 13.9. The lowest BCUT2D eigenvalue weighted by Crippen LogP contribution is -2.39. The van der Waals surface area contributed by atoms with Crippen molar-refractivity contribution in [2.24, 2.45) is 0 Å². The Balaban J connectivity index is 4.92. The van der Waals surface area contributed by atoms with E-state index in [0.29, 0.717) is 0 Å². The van der Waals surface area contributed by atoms with Gasteiger partial charge in [-0.2, -0.15) is 0 Å². The highest BCUT2D eigenvalue weighted by Crippen LogP contribution is 2.32. The molecule has 0 aliphatic heterocycles. The minimum Gasteiger partial charge on any atom is -0.398 e. The van der Waals surface area contributed by atoms with Crippen LogP contribution in [0.4, 0.5) is 0 Å². The van der Waals surface area contributed by atoms with Crippen molar-refractivity contribution < 1.29 is 26.6 Å². The van der Waals surface area contributed by atoms with E-state index < -0.39 is 33.8 Å². The van der Waals surface area contributed by atoms with Gasteiger partial charge in [-0.3, -0.25) is 0 Å². The molecule has 0 saturated carbocycles. The molecule has 0 N–H and O–H groups in total. The van der Waals surface area contributed by atoms with Crippen LogP contribution in [0.15, 0.2) is 0 Å². The van der Waals surface area contributed by atoms with E-state index in [1.54, 1.807) is 42.7 Å². The molecule has 176 valence electrons. The lowest BCUT2D eigenvalue weighted by molar-refractivity contribution is 0.249. The Hall–Kier alpha value is 0.628. The van der Waals surface area contributed by atoms with Gasteiger partial charge < -0.3 is 26.6 Å². The maximum atomic E-state index is 5.69. The SMILES string of the molecule is CO[Si](C)(CCC[Si](C)(CCC[Si](C)(OC)OC)CCC[Si](C)(OC)OC)OC. The van der Waals surface area contributed by atoms with Crippen LogP contribution in [0.1, 0.15) is 19.3 Å². The molecule has 0 spiro atoms. The lowest BCUT2D eigenvalue weighted by Gasteiger charge is -2.32. The van der Waals surface area contributed by atoms with Crippen LogP contribution in [0.2, 0.25) is 62.5 Å². The van der Waals surface area contributed by atoms with Crippen molar-refractivity contribution in [1.82, 2.24) is 0 Å². The van der Waals surface area contributed by atoms with Gasteiger partial charge in [-0.05, 0) is 37.8 Å². The van der Waals surface area contributed by atoms with Crippen LogP contribution in [0.5, 0.6) is 0 Å². The average Bonchev–Trinajstić information content (AvgIpc) is 2.73. The van der Waals surface area contributed by atoms with Crippen LogP contribution in [0.25, 0.3) is 0 Å². The zero-order valence-electron chi connectivity index (χ0n) is 20.8. The summed E-state index contributed by atoms with van der Waals surface area (Å²) < 4.78 is 34.1. The Morgan fingerprint density at radius 3 is 0.759 bits per heavy atom. The highest BCUT2D eigenvalue weighted by Gasteiger charge is 2.35. The van der Waals surface area contributed by atoms with Crippen molar-refractivity contribution >= 4 is 33.8 Å². The molecule has 29 heavy (non-hydrogen) atoms. The predicted octanol–water partition coefficient (Wildman–Crippen LogP) is 5.33. The van der Waals surface area contributed by atoms with Crippen LogP contribution in [-0.2, 0) is 26.6 Å². The van der Waals surface area contributed by atoms with Crippen molar-refractivity contribution in [3.63, 3.8) is 0 Å². The van der Waals surface area contributed by atoms with E-state index in [4.69, 9.17) is 26.6 Å². The molecule has 0 heterocycles. The fraction of sp³-hybridized carbons (Fsp3) is 1.00.